The third-order valence-corrected chi connectivity index (χ3v) is 9.67. The fourth-order valence-electron chi connectivity index (χ4n) is 5.43. The summed E-state index contributed by atoms with van der Waals surface area (Å²) in [5.74, 6) is -2.27. The third-order valence-electron chi connectivity index (χ3n) is 7.87. The van der Waals surface area contributed by atoms with Crippen LogP contribution >= 0.6 is 7.37 Å². The van der Waals surface area contributed by atoms with Gasteiger partial charge in [-0.2, -0.15) is 0 Å². The number of nitrogens with zero attached hydrogens (tertiary/aromatic N) is 1. The van der Waals surface area contributed by atoms with Crippen molar-refractivity contribution in [3.8, 4) is 0 Å². The van der Waals surface area contributed by atoms with E-state index in [-0.39, 0.29) is 30.7 Å². The highest BCUT2D eigenvalue weighted by atomic mass is 31.2. The SMILES string of the molecule is CC(C)C[C@H](NC(=O)[C@H](CCc1ccccc1)CP(=O)(O)C/C=C/CN1C(=O)c2ccccc2C1=O)C(=O)NCc1ccccc1. The van der Waals surface area contributed by atoms with E-state index in [1.807, 2.05) is 74.5 Å². The molecule has 0 fully saturated rings. The second-order valence-corrected chi connectivity index (χ2v) is 14.5. The number of hydrogen-bond acceptors (Lipinski definition) is 5. The second-order valence-electron chi connectivity index (χ2n) is 12.1. The molecule has 0 spiro atoms. The molecule has 1 unspecified atom stereocenters. The van der Waals surface area contributed by atoms with Crippen LogP contribution in [0.2, 0.25) is 0 Å². The third kappa shape index (κ3) is 9.83. The zero-order valence-electron chi connectivity index (χ0n) is 26.3. The monoisotopic (exact) mass is 643 g/mol. The molecule has 0 saturated carbocycles. The summed E-state index contributed by atoms with van der Waals surface area (Å²) in [6.07, 6.45) is 3.76. The van der Waals surface area contributed by atoms with Crippen molar-refractivity contribution < 1.29 is 28.6 Å². The van der Waals surface area contributed by atoms with Crippen molar-refractivity contribution in [2.24, 2.45) is 11.8 Å². The Labute approximate surface area is 270 Å². The van der Waals surface area contributed by atoms with Gasteiger partial charge in [0.15, 0.2) is 0 Å². The summed E-state index contributed by atoms with van der Waals surface area (Å²) in [6, 6.07) is 24.8. The van der Waals surface area contributed by atoms with Crippen LogP contribution in [0.5, 0.6) is 0 Å². The summed E-state index contributed by atoms with van der Waals surface area (Å²) in [5.41, 5.74) is 2.60. The van der Waals surface area contributed by atoms with Gasteiger partial charge in [0.05, 0.1) is 11.1 Å². The minimum absolute atomic E-state index is 0.0285. The number of benzene rings is 3. The molecule has 4 amide bonds. The Morgan fingerprint density at radius 3 is 1.98 bits per heavy atom. The van der Waals surface area contributed by atoms with Crippen LogP contribution < -0.4 is 10.6 Å². The average molecular weight is 644 g/mol. The summed E-state index contributed by atoms with van der Waals surface area (Å²) in [7, 11) is -3.86. The van der Waals surface area contributed by atoms with E-state index in [2.05, 4.69) is 10.6 Å². The maximum Gasteiger partial charge on any atom is 0.261 e. The van der Waals surface area contributed by atoms with Gasteiger partial charge in [-0.15, -0.1) is 0 Å². The molecule has 3 aromatic rings. The van der Waals surface area contributed by atoms with E-state index in [1.165, 1.54) is 12.2 Å². The first-order valence-corrected chi connectivity index (χ1v) is 17.6. The molecule has 1 aliphatic rings. The fraction of sp³-hybridized carbons (Fsp3) is 0.333. The molecule has 4 rings (SSSR count). The topological polar surface area (TPSA) is 133 Å². The number of carbonyl (C=O) groups is 4. The maximum atomic E-state index is 13.7. The van der Waals surface area contributed by atoms with Gasteiger partial charge in [-0.25, -0.2) is 0 Å². The second kappa shape index (κ2) is 16.3. The zero-order valence-corrected chi connectivity index (χ0v) is 27.2. The Balaban J connectivity index is 1.41. The van der Waals surface area contributed by atoms with Crippen LogP contribution in [0, 0.1) is 11.8 Å². The predicted molar refractivity (Wildman–Crippen MR) is 178 cm³/mol. The molecule has 0 radical (unpaired) electrons. The number of fused-ring (bicyclic) bond motifs is 1. The van der Waals surface area contributed by atoms with Gasteiger partial charge in [-0.05, 0) is 48.4 Å². The number of aryl methyl sites for hydroxylation is 1. The van der Waals surface area contributed by atoms with Crippen molar-refractivity contribution in [3.63, 3.8) is 0 Å². The molecule has 3 aromatic carbocycles. The first kappa shape index (κ1) is 34.5. The lowest BCUT2D eigenvalue weighted by molar-refractivity contribution is -0.131. The first-order chi connectivity index (χ1) is 22.0. The molecule has 46 heavy (non-hydrogen) atoms. The average Bonchev–Trinajstić information content (AvgIpc) is 3.29. The number of carbonyl (C=O) groups excluding carboxylic acids is 4. The van der Waals surface area contributed by atoms with Crippen LogP contribution in [-0.2, 0) is 27.1 Å². The summed E-state index contributed by atoms with van der Waals surface area (Å²) in [5, 5.41) is 5.79. The van der Waals surface area contributed by atoms with Gasteiger partial charge in [0, 0.05) is 31.3 Å². The number of nitrogens with one attached hydrogen (secondary N) is 2. The highest BCUT2D eigenvalue weighted by molar-refractivity contribution is 7.58. The molecular weight excluding hydrogens is 601 g/mol. The number of imide groups is 1. The van der Waals surface area contributed by atoms with Gasteiger partial charge in [0.2, 0.25) is 19.2 Å². The molecule has 1 heterocycles. The van der Waals surface area contributed by atoms with Crippen LogP contribution in [0.3, 0.4) is 0 Å². The van der Waals surface area contributed by atoms with E-state index >= 15 is 0 Å². The molecular formula is C36H42N3O6P. The lowest BCUT2D eigenvalue weighted by atomic mass is 9.98. The van der Waals surface area contributed by atoms with Gasteiger partial charge in [0.25, 0.3) is 11.8 Å². The van der Waals surface area contributed by atoms with Gasteiger partial charge < -0.3 is 15.5 Å². The lowest BCUT2D eigenvalue weighted by Crippen LogP contribution is -2.49. The molecule has 3 N–H and O–H groups in total. The Morgan fingerprint density at radius 1 is 0.826 bits per heavy atom. The van der Waals surface area contributed by atoms with E-state index in [9.17, 15) is 28.6 Å². The Bertz CT molecular complexity index is 1560. The largest absolute Gasteiger partial charge is 0.350 e. The van der Waals surface area contributed by atoms with Crippen LogP contribution in [0.25, 0.3) is 0 Å². The van der Waals surface area contributed by atoms with E-state index < -0.39 is 37.1 Å². The smallest absolute Gasteiger partial charge is 0.261 e. The number of amides is 4. The van der Waals surface area contributed by atoms with E-state index in [0.29, 0.717) is 36.9 Å². The molecule has 0 aliphatic carbocycles. The van der Waals surface area contributed by atoms with Gasteiger partial charge in [0.1, 0.15) is 6.04 Å². The number of rotatable bonds is 16. The summed E-state index contributed by atoms with van der Waals surface area (Å²) in [4.78, 5) is 64.2. The normalized spacial score (nSPS) is 15.4. The standard InChI is InChI=1S/C36H42N3O6P/c1-26(2)23-32(34(41)37-24-28-15-7-4-8-16-28)38-33(40)29(20-19-27-13-5-3-6-14-27)25-46(44,45)22-12-11-21-39-35(42)30-17-9-10-18-31(30)36(39)43/h3-18,26,29,32H,19-25H2,1-2H3,(H,37,41)(H,38,40)(H,44,45)/b12-11+/t29-,32+/m1/s1. The minimum atomic E-state index is -3.86. The molecule has 0 bridgehead atoms. The van der Waals surface area contributed by atoms with Crippen LogP contribution in [-0.4, -0.2) is 58.3 Å². The molecule has 1 aliphatic heterocycles. The Morgan fingerprint density at radius 2 is 1.39 bits per heavy atom. The highest BCUT2D eigenvalue weighted by Gasteiger charge is 2.34. The van der Waals surface area contributed by atoms with Crippen LogP contribution in [0.4, 0.5) is 0 Å². The zero-order chi connectivity index (χ0) is 33.1. The molecule has 0 saturated heterocycles. The molecule has 9 nitrogen and oxygen atoms in total. The minimum Gasteiger partial charge on any atom is -0.350 e. The summed E-state index contributed by atoms with van der Waals surface area (Å²) in [6.45, 7) is 4.22. The quantitative estimate of drug-likeness (QED) is 0.112. The van der Waals surface area contributed by atoms with Gasteiger partial charge in [-0.3, -0.25) is 28.6 Å². The molecule has 0 aromatic heterocycles. The van der Waals surface area contributed by atoms with Gasteiger partial charge in [-0.1, -0.05) is 98.8 Å². The molecule has 242 valence electrons. The Kier molecular flexibility index (Phi) is 12.2. The van der Waals surface area contributed by atoms with Crippen LogP contribution in [0.1, 0.15) is 58.5 Å². The van der Waals surface area contributed by atoms with Crippen molar-refractivity contribution in [3.05, 3.63) is 119 Å². The van der Waals surface area contributed by atoms with Crippen molar-refractivity contribution in [1.29, 1.82) is 0 Å². The van der Waals surface area contributed by atoms with Crippen LogP contribution in [0.15, 0.2) is 97.1 Å². The van der Waals surface area contributed by atoms with Gasteiger partial charge >= 0.3 is 0 Å². The van der Waals surface area contributed by atoms with Crippen molar-refractivity contribution in [2.75, 3.05) is 18.9 Å². The van der Waals surface area contributed by atoms with Crippen molar-refractivity contribution in [1.82, 2.24) is 15.5 Å². The number of allylic oxidation sites excluding steroid dienone is 1. The van der Waals surface area contributed by atoms with E-state index in [0.717, 1.165) is 16.0 Å². The van der Waals surface area contributed by atoms with E-state index in [4.69, 9.17) is 0 Å². The molecule has 10 heteroatoms. The van der Waals surface area contributed by atoms with Crippen molar-refractivity contribution in [2.45, 2.75) is 45.7 Å². The first-order valence-electron chi connectivity index (χ1n) is 15.6. The lowest BCUT2D eigenvalue weighted by Gasteiger charge is -2.25. The summed E-state index contributed by atoms with van der Waals surface area (Å²) < 4.78 is 13.4. The molecule has 3 atom stereocenters. The Hall–Kier alpha value is -4.33. The van der Waals surface area contributed by atoms with Crippen molar-refractivity contribution >= 4 is 31.0 Å². The predicted octanol–water partition coefficient (Wildman–Crippen LogP) is 5.21. The highest BCUT2D eigenvalue weighted by Crippen LogP contribution is 2.43. The number of hydrogen-bond donors (Lipinski definition) is 3. The summed E-state index contributed by atoms with van der Waals surface area (Å²) >= 11 is 0. The maximum absolute atomic E-state index is 13.7. The van der Waals surface area contributed by atoms with E-state index in [1.54, 1.807) is 24.3 Å². The fourth-order valence-corrected chi connectivity index (χ4v) is 7.10.